The van der Waals surface area contributed by atoms with Gasteiger partial charge in [-0.2, -0.15) is 5.26 Å². The smallest absolute Gasteiger partial charge is 0.127 e. The number of aryl methyl sites for hydroxylation is 1. The molecule has 80 valence electrons. The summed E-state index contributed by atoms with van der Waals surface area (Å²) < 4.78 is 0. The quantitative estimate of drug-likeness (QED) is 0.748. The summed E-state index contributed by atoms with van der Waals surface area (Å²) in [7, 11) is 0. The highest BCUT2D eigenvalue weighted by atomic mass is 15.0. The fraction of sp³-hybridized carbons (Fsp3) is 0.500. The lowest BCUT2D eigenvalue weighted by atomic mass is 10.2. The van der Waals surface area contributed by atoms with Gasteiger partial charge in [0.2, 0.25) is 0 Å². The number of pyridine rings is 1. The second kappa shape index (κ2) is 6.02. The third-order valence-electron chi connectivity index (χ3n) is 2.17. The first-order valence-electron chi connectivity index (χ1n) is 5.39. The monoisotopic (exact) mass is 203 g/mol. The van der Waals surface area contributed by atoms with E-state index in [0.717, 1.165) is 24.5 Å². The van der Waals surface area contributed by atoms with E-state index in [0.29, 0.717) is 5.56 Å². The third-order valence-corrected chi connectivity index (χ3v) is 2.17. The predicted octanol–water partition coefficient (Wildman–Crippen LogP) is 2.86. The molecule has 1 aromatic heterocycles. The van der Waals surface area contributed by atoms with Gasteiger partial charge in [0, 0.05) is 12.2 Å². The first-order chi connectivity index (χ1) is 7.26. The number of aromatic nitrogens is 1. The van der Waals surface area contributed by atoms with Gasteiger partial charge in [0.25, 0.3) is 0 Å². The van der Waals surface area contributed by atoms with Crippen molar-refractivity contribution >= 4 is 5.82 Å². The minimum absolute atomic E-state index is 0.667. The van der Waals surface area contributed by atoms with E-state index in [1.807, 2.05) is 6.92 Å². The molecule has 1 rings (SSSR count). The maximum absolute atomic E-state index is 8.79. The van der Waals surface area contributed by atoms with E-state index in [4.69, 9.17) is 5.26 Å². The Hall–Kier alpha value is -1.56. The molecule has 0 bridgehead atoms. The number of nitriles is 1. The molecule has 0 aliphatic carbocycles. The van der Waals surface area contributed by atoms with E-state index in [-0.39, 0.29) is 0 Å². The first-order valence-corrected chi connectivity index (χ1v) is 5.39. The van der Waals surface area contributed by atoms with Crippen molar-refractivity contribution in [3.05, 3.63) is 23.4 Å². The lowest BCUT2D eigenvalue weighted by Gasteiger charge is -2.06. The summed E-state index contributed by atoms with van der Waals surface area (Å²) in [4.78, 5) is 4.32. The Balaban J connectivity index is 2.54. The van der Waals surface area contributed by atoms with Crippen LogP contribution in [0.4, 0.5) is 5.82 Å². The van der Waals surface area contributed by atoms with Gasteiger partial charge in [-0.3, -0.25) is 0 Å². The number of unbranched alkanes of at least 4 members (excludes halogenated alkanes) is 2. The molecule has 3 nitrogen and oxygen atoms in total. The SMILES string of the molecule is CCCCCNc1cc(C#N)cc(C)n1. The minimum Gasteiger partial charge on any atom is -0.370 e. The van der Waals surface area contributed by atoms with E-state index < -0.39 is 0 Å². The Morgan fingerprint density at radius 2 is 2.20 bits per heavy atom. The zero-order valence-electron chi connectivity index (χ0n) is 9.38. The number of hydrogen-bond donors (Lipinski definition) is 1. The van der Waals surface area contributed by atoms with Crippen LogP contribution in [0.5, 0.6) is 0 Å². The highest BCUT2D eigenvalue weighted by Crippen LogP contribution is 2.09. The van der Waals surface area contributed by atoms with Crippen molar-refractivity contribution in [3.8, 4) is 6.07 Å². The lowest BCUT2D eigenvalue weighted by Crippen LogP contribution is -2.04. The van der Waals surface area contributed by atoms with Gasteiger partial charge in [-0.25, -0.2) is 4.98 Å². The highest BCUT2D eigenvalue weighted by molar-refractivity contribution is 5.44. The van der Waals surface area contributed by atoms with Gasteiger partial charge in [0.1, 0.15) is 5.82 Å². The number of hydrogen-bond acceptors (Lipinski definition) is 3. The average molecular weight is 203 g/mol. The van der Waals surface area contributed by atoms with Crippen LogP contribution in [-0.2, 0) is 0 Å². The summed E-state index contributed by atoms with van der Waals surface area (Å²) in [5, 5.41) is 12.0. The van der Waals surface area contributed by atoms with Gasteiger partial charge in [-0.05, 0) is 25.5 Å². The predicted molar refractivity (Wildman–Crippen MR) is 61.7 cm³/mol. The van der Waals surface area contributed by atoms with Crippen LogP contribution in [-0.4, -0.2) is 11.5 Å². The van der Waals surface area contributed by atoms with Gasteiger partial charge in [0.15, 0.2) is 0 Å². The van der Waals surface area contributed by atoms with E-state index in [1.165, 1.54) is 12.8 Å². The summed E-state index contributed by atoms with van der Waals surface area (Å²) >= 11 is 0. The second-order valence-corrected chi connectivity index (χ2v) is 3.63. The molecule has 0 spiro atoms. The van der Waals surface area contributed by atoms with Crippen LogP contribution in [0.2, 0.25) is 0 Å². The van der Waals surface area contributed by atoms with Gasteiger partial charge < -0.3 is 5.32 Å². The summed E-state index contributed by atoms with van der Waals surface area (Å²) in [5.74, 6) is 0.808. The number of nitrogens with one attached hydrogen (secondary N) is 1. The van der Waals surface area contributed by atoms with Crippen molar-refractivity contribution in [1.82, 2.24) is 4.98 Å². The van der Waals surface area contributed by atoms with Gasteiger partial charge in [0.05, 0.1) is 11.6 Å². The highest BCUT2D eigenvalue weighted by Gasteiger charge is 1.98. The van der Waals surface area contributed by atoms with Crippen LogP contribution >= 0.6 is 0 Å². The van der Waals surface area contributed by atoms with Crippen LogP contribution in [0.1, 0.15) is 37.4 Å². The van der Waals surface area contributed by atoms with E-state index in [2.05, 4.69) is 23.3 Å². The Morgan fingerprint density at radius 3 is 2.87 bits per heavy atom. The molecule has 0 amide bonds. The second-order valence-electron chi connectivity index (χ2n) is 3.63. The van der Waals surface area contributed by atoms with E-state index in [1.54, 1.807) is 12.1 Å². The first kappa shape index (κ1) is 11.5. The van der Waals surface area contributed by atoms with Crippen molar-refractivity contribution in [2.24, 2.45) is 0 Å². The Labute approximate surface area is 91.1 Å². The van der Waals surface area contributed by atoms with E-state index in [9.17, 15) is 0 Å². The minimum atomic E-state index is 0.667. The van der Waals surface area contributed by atoms with Crippen molar-refractivity contribution in [2.75, 3.05) is 11.9 Å². The average Bonchev–Trinajstić information content (AvgIpc) is 2.23. The molecular formula is C12H17N3. The Morgan fingerprint density at radius 1 is 1.40 bits per heavy atom. The van der Waals surface area contributed by atoms with Crippen LogP contribution in [0.15, 0.2) is 12.1 Å². The maximum Gasteiger partial charge on any atom is 0.127 e. The molecule has 3 heteroatoms. The van der Waals surface area contributed by atoms with Crippen molar-refractivity contribution in [2.45, 2.75) is 33.1 Å². The summed E-state index contributed by atoms with van der Waals surface area (Å²) in [5.41, 5.74) is 1.55. The standard InChI is InChI=1S/C12H17N3/c1-3-4-5-6-14-12-8-11(9-13)7-10(2)15-12/h7-8H,3-6H2,1-2H3,(H,14,15). The molecule has 0 unspecified atom stereocenters. The third kappa shape index (κ3) is 3.99. The van der Waals surface area contributed by atoms with Crippen LogP contribution in [0, 0.1) is 18.3 Å². The fourth-order valence-electron chi connectivity index (χ4n) is 1.42. The van der Waals surface area contributed by atoms with Gasteiger partial charge >= 0.3 is 0 Å². The molecule has 1 heterocycles. The van der Waals surface area contributed by atoms with Crippen molar-refractivity contribution < 1.29 is 0 Å². The molecule has 0 aliphatic heterocycles. The molecule has 0 atom stereocenters. The molecule has 0 saturated heterocycles. The Bertz CT molecular complexity index is 352. The van der Waals surface area contributed by atoms with Crippen molar-refractivity contribution in [3.63, 3.8) is 0 Å². The van der Waals surface area contributed by atoms with Gasteiger partial charge in [-0.15, -0.1) is 0 Å². The summed E-state index contributed by atoms with van der Waals surface area (Å²) in [6.45, 7) is 5.01. The molecule has 1 aromatic rings. The molecular weight excluding hydrogens is 186 g/mol. The zero-order chi connectivity index (χ0) is 11.1. The fourth-order valence-corrected chi connectivity index (χ4v) is 1.42. The molecule has 0 aromatic carbocycles. The lowest BCUT2D eigenvalue weighted by molar-refractivity contribution is 0.742. The number of anilines is 1. The van der Waals surface area contributed by atoms with Gasteiger partial charge in [-0.1, -0.05) is 19.8 Å². The summed E-state index contributed by atoms with van der Waals surface area (Å²) in [6, 6.07) is 5.71. The van der Waals surface area contributed by atoms with Crippen LogP contribution in [0.25, 0.3) is 0 Å². The molecule has 0 radical (unpaired) electrons. The van der Waals surface area contributed by atoms with Crippen molar-refractivity contribution in [1.29, 1.82) is 5.26 Å². The maximum atomic E-state index is 8.79. The molecule has 0 fully saturated rings. The molecule has 15 heavy (non-hydrogen) atoms. The zero-order valence-corrected chi connectivity index (χ0v) is 9.38. The van der Waals surface area contributed by atoms with E-state index >= 15 is 0 Å². The number of nitrogens with zero attached hydrogens (tertiary/aromatic N) is 2. The summed E-state index contributed by atoms with van der Waals surface area (Å²) in [6.07, 6.45) is 3.59. The normalized spacial score (nSPS) is 9.67. The molecule has 0 aliphatic rings. The number of rotatable bonds is 5. The molecule has 1 N–H and O–H groups in total. The molecule has 0 saturated carbocycles. The van der Waals surface area contributed by atoms with Crippen LogP contribution < -0.4 is 5.32 Å². The largest absolute Gasteiger partial charge is 0.370 e. The van der Waals surface area contributed by atoms with Crippen LogP contribution in [0.3, 0.4) is 0 Å². The topological polar surface area (TPSA) is 48.7 Å². The Kier molecular flexibility index (Phi) is 4.62.